The van der Waals surface area contributed by atoms with Gasteiger partial charge in [0, 0.05) is 12.4 Å². The summed E-state index contributed by atoms with van der Waals surface area (Å²) in [5.74, 6) is 0. The van der Waals surface area contributed by atoms with Gasteiger partial charge in [0.15, 0.2) is 0 Å². The van der Waals surface area contributed by atoms with Crippen LogP contribution in [0, 0.1) is 0 Å². The van der Waals surface area contributed by atoms with Crippen LogP contribution in [0.2, 0.25) is 0 Å². The van der Waals surface area contributed by atoms with Gasteiger partial charge in [0.2, 0.25) is 0 Å². The standard InChI is InChI=1S/C10H11IN2/c1-4-8(3)10-9(12-5-2)6-7-13(10)11/h4-7H,1-2H2,3H3/b10-8+,12-9-. The van der Waals surface area contributed by atoms with E-state index in [0.29, 0.717) is 0 Å². The van der Waals surface area contributed by atoms with Gasteiger partial charge >= 0.3 is 0 Å². The molecule has 0 unspecified atom stereocenters. The highest BCUT2D eigenvalue weighted by atomic mass is 127. The van der Waals surface area contributed by atoms with Gasteiger partial charge in [-0.2, -0.15) is 0 Å². The Morgan fingerprint density at radius 1 is 1.62 bits per heavy atom. The summed E-state index contributed by atoms with van der Waals surface area (Å²) in [4.78, 5) is 4.17. The second-order valence-corrected chi connectivity index (χ2v) is 3.60. The maximum absolute atomic E-state index is 4.17. The van der Waals surface area contributed by atoms with E-state index in [1.807, 2.05) is 28.4 Å². The fourth-order valence-corrected chi connectivity index (χ4v) is 1.86. The van der Waals surface area contributed by atoms with Crippen LogP contribution in [0.1, 0.15) is 6.92 Å². The number of aliphatic imine (C=N–C) groups is 1. The zero-order valence-electron chi connectivity index (χ0n) is 7.50. The average molecular weight is 286 g/mol. The molecule has 0 aromatic carbocycles. The van der Waals surface area contributed by atoms with Crippen LogP contribution >= 0.6 is 22.9 Å². The van der Waals surface area contributed by atoms with Crippen molar-refractivity contribution in [1.29, 1.82) is 0 Å². The zero-order valence-corrected chi connectivity index (χ0v) is 9.65. The lowest BCUT2D eigenvalue weighted by molar-refractivity contribution is 0.885. The third-order valence-electron chi connectivity index (χ3n) is 1.73. The molecule has 1 heterocycles. The molecule has 0 spiro atoms. The molecule has 1 aliphatic rings. The van der Waals surface area contributed by atoms with Gasteiger partial charge in [0.1, 0.15) is 0 Å². The normalized spacial score (nSPS) is 22.3. The van der Waals surface area contributed by atoms with E-state index in [-0.39, 0.29) is 0 Å². The summed E-state index contributed by atoms with van der Waals surface area (Å²) in [6, 6.07) is 0. The van der Waals surface area contributed by atoms with Crippen molar-refractivity contribution in [3.63, 3.8) is 0 Å². The molecule has 0 fully saturated rings. The fourth-order valence-electron chi connectivity index (χ4n) is 1.07. The molecule has 1 rings (SSSR count). The summed E-state index contributed by atoms with van der Waals surface area (Å²) >= 11 is 2.21. The van der Waals surface area contributed by atoms with Crippen molar-refractivity contribution >= 4 is 28.6 Å². The largest absolute Gasteiger partial charge is 0.288 e. The van der Waals surface area contributed by atoms with Gasteiger partial charge in [-0.25, -0.2) is 0 Å². The van der Waals surface area contributed by atoms with Crippen LogP contribution in [-0.2, 0) is 0 Å². The molecule has 0 radical (unpaired) electrons. The highest BCUT2D eigenvalue weighted by Crippen LogP contribution is 2.24. The number of allylic oxidation sites excluding steroid dienone is 3. The van der Waals surface area contributed by atoms with Crippen LogP contribution in [0.4, 0.5) is 0 Å². The third kappa shape index (κ3) is 2.09. The van der Waals surface area contributed by atoms with Crippen molar-refractivity contribution in [2.45, 2.75) is 6.92 Å². The number of nitrogens with zero attached hydrogens (tertiary/aromatic N) is 2. The maximum Gasteiger partial charge on any atom is 0.0890 e. The lowest BCUT2D eigenvalue weighted by Crippen LogP contribution is -2.06. The molecule has 13 heavy (non-hydrogen) atoms. The lowest BCUT2D eigenvalue weighted by Gasteiger charge is -2.10. The van der Waals surface area contributed by atoms with E-state index in [0.717, 1.165) is 17.0 Å². The van der Waals surface area contributed by atoms with E-state index in [9.17, 15) is 0 Å². The van der Waals surface area contributed by atoms with Crippen LogP contribution in [0.25, 0.3) is 0 Å². The van der Waals surface area contributed by atoms with Crippen LogP contribution in [0.5, 0.6) is 0 Å². The molecule has 0 bridgehead atoms. The van der Waals surface area contributed by atoms with Gasteiger partial charge in [-0.05, 0) is 18.6 Å². The lowest BCUT2D eigenvalue weighted by atomic mass is 10.2. The van der Waals surface area contributed by atoms with Crippen molar-refractivity contribution in [3.8, 4) is 0 Å². The van der Waals surface area contributed by atoms with Crippen LogP contribution in [-0.4, -0.2) is 8.82 Å². The monoisotopic (exact) mass is 286 g/mol. The Hall–Kier alpha value is -0.840. The van der Waals surface area contributed by atoms with E-state index in [4.69, 9.17) is 0 Å². The van der Waals surface area contributed by atoms with E-state index in [1.54, 1.807) is 6.20 Å². The quantitative estimate of drug-likeness (QED) is 0.562. The molecular formula is C10H11IN2. The first-order chi connectivity index (χ1) is 6.20. The van der Waals surface area contributed by atoms with Crippen LogP contribution in [0.15, 0.2) is 54.0 Å². The predicted molar refractivity (Wildman–Crippen MR) is 65.5 cm³/mol. The van der Waals surface area contributed by atoms with Gasteiger partial charge in [0.25, 0.3) is 0 Å². The molecule has 0 saturated heterocycles. The minimum Gasteiger partial charge on any atom is -0.288 e. The summed E-state index contributed by atoms with van der Waals surface area (Å²) in [5.41, 5.74) is 3.12. The SMILES string of the molecule is C=C/N=C1/C=CN(I)/C1=C(\C)C=C. The topological polar surface area (TPSA) is 15.6 Å². The highest BCUT2D eigenvalue weighted by molar-refractivity contribution is 14.1. The second-order valence-electron chi connectivity index (χ2n) is 2.56. The Morgan fingerprint density at radius 2 is 2.31 bits per heavy atom. The van der Waals surface area contributed by atoms with E-state index < -0.39 is 0 Å². The molecule has 0 aliphatic carbocycles. The summed E-state index contributed by atoms with van der Waals surface area (Å²) in [6.45, 7) is 9.33. The Bertz CT molecular complexity index is 324. The molecule has 0 saturated carbocycles. The molecule has 3 heteroatoms. The van der Waals surface area contributed by atoms with E-state index >= 15 is 0 Å². The number of halogens is 1. The van der Waals surface area contributed by atoms with E-state index in [2.05, 4.69) is 41.0 Å². The van der Waals surface area contributed by atoms with Crippen molar-refractivity contribution in [2.75, 3.05) is 0 Å². The molecule has 68 valence electrons. The first-order valence-electron chi connectivity index (χ1n) is 3.86. The van der Waals surface area contributed by atoms with Gasteiger partial charge in [-0.3, -0.25) is 8.11 Å². The summed E-state index contributed by atoms with van der Waals surface area (Å²) in [6.07, 6.45) is 7.29. The Labute approximate surface area is 92.5 Å². The van der Waals surface area contributed by atoms with Gasteiger partial charge in [-0.1, -0.05) is 19.2 Å². The first-order valence-corrected chi connectivity index (χ1v) is 4.82. The van der Waals surface area contributed by atoms with Crippen LogP contribution < -0.4 is 0 Å². The Balaban J connectivity index is 3.15. The molecule has 1 aliphatic heterocycles. The molecule has 0 aromatic heterocycles. The van der Waals surface area contributed by atoms with Crippen molar-refractivity contribution in [1.82, 2.24) is 3.11 Å². The minimum absolute atomic E-state index is 0.932. The van der Waals surface area contributed by atoms with Crippen molar-refractivity contribution in [2.24, 2.45) is 4.99 Å². The Kier molecular flexibility index (Phi) is 3.48. The summed E-state index contributed by atoms with van der Waals surface area (Å²) < 4.78 is 2.00. The van der Waals surface area contributed by atoms with E-state index in [1.165, 1.54) is 0 Å². The molecule has 0 atom stereocenters. The van der Waals surface area contributed by atoms with Gasteiger partial charge < -0.3 is 0 Å². The maximum atomic E-state index is 4.17. The molecule has 0 amide bonds. The molecule has 0 N–H and O–H groups in total. The average Bonchev–Trinajstić information content (AvgIpc) is 2.47. The van der Waals surface area contributed by atoms with Gasteiger partial charge in [0.05, 0.1) is 34.3 Å². The predicted octanol–water partition coefficient (Wildman–Crippen LogP) is 3.21. The number of rotatable bonds is 2. The van der Waals surface area contributed by atoms with Crippen molar-refractivity contribution < 1.29 is 0 Å². The second kappa shape index (κ2) is 4.41. The zero-order chi connectivity index (χ0) is 9.84. The highest BCUT2D eigenvalue weighted by Gasteiger charge is 2.17. The number of hydrogen-bond acceptors (Lipinski definition) is 2. The molecular weight excluding hydrogens is 275 g/mol. The Morgan fingerprint density at radius 3 is 2.85 bits per heavy atom. The summed E-state index contributed by atoms with van der Waals surface area (Å²) in [7, 11) is 0. The minimum atomic E-state index is 0.932. The molecule has 0 aromatic rings. The van der Waals surface area contributed by atoms with Gasteiger partial charge in [-0.15, -0.1) is 0 Å². The van der Waals surface area contributed by atoms with Crippen LogP contribution in [0.3, 0.4) is 0 Å². The van der Waals surface area contributed by atoms with Crippen molar-refractivity contribution in [3.05, 3.63) is 49.0 Å². The fraction of sp³-hybridized carbons (Fsp3) is 0.100. The smallest absolute Gasteiger partial charge is 0.0890 e. The number of hydrogen-bond donors (Lipinski definition) is 0. The summed E-state index contributed by atoms with van der Waals surface area (Å²) in [5, 5.41) is 0. The molecule has 2 nitrogen and oxygen atoms in total. The third-order valence-corrected chi connectivity index (χ3v) is 2.53. The first kappa shape index (κ1) is 10.2.